The van der Waals surface area contributed by atoms with Gasteiger partial charge in [0.2, 0.25) is 9.84 Å². The summed E-state index contributed by atoms with van der Waals surface area (Å²) in [7, 11) is -3.65. The molecule has 36 heavy (non-hydrogen) atoms. The van der Waals surface area contributed by atoms with E-state index in [0.717, 1.165) is 49.0 Å². The van der Waals surface area contributed by atoms with Crippen molar-refractivity contribution in [2.45, 2.75) is 9.79 Å². The van der Waals surface area contributed by atoms with Crippen LogP contribution in [0.3, 0.4) is 0 Å². The highest BCUT2D eigenvalue weighted by Gasteiger charge is 2.21. The van der Waals surface area contributed by atoms with E-state index in [1.54, 1.807) is 42.5 Å². The molecule has 0 unspecified atom stereocenters. The first-order valence-corrected chi connectivity index (χ1v) is 13.1. The normalized spacial score (nSPS) is 12.1. The Morgan fingerprint density at radius 3 is 2.06 bits per heavy atom. The molecule has 2 aromatic heterocycles. The van der Waals surface area contributed by atoms with Gasteiger partial charge in [0.1, 0.15) is 11.2 Å². The summed E-state index contributed by atoms with van der Waals surface area (Å²) in [6, 6.07) is 34.5. The summed E-state index contributed by atoms with van der Waals surface area (Å²) < 4.78 is 32.6. The second-order valence-electron chi connectivity index (χ2n) is 8.81. The van der Waals surface area contributed by atoms with Crippen molar-refractivity contribution in [1.29, 1.82) is 0 Å². The van der Waals surface area contributed by atoms with Crippen molar-refractivity contribution in [2.75, 3.05) is 0 Å². The van der Waals surface area contributed by atoms with E-state index in [2.05, 4.69) is 41.4 Å². The number of sulfone groups is 1. The van der Waals surface area contributed by atoms with Crippen LogP contribution >= 0.6 is 0 Å². The van der Waals surface area contributed by atoms with Crippen molar-refractivity contribution in [3.8, 4) is 11.3 Å². The van der Waals surface area contributed by atoms with Crippen LogP contribution in [0.2, 0.25) is 0 Å². The minimum absolute atomic E-state index is 0.157. The highest BCUT2D eigenvalue weighted by atomic mass is 32.2. The Balaban J connectivity index is 1.50. The lowest BCUT2D eigenvalue weighted by Crippen LogP contribution is -2.02. The van der Waals surface area contributed by atoms with Crippen LogP contribution in [0, 0.1) is 0 Å². The molecule has 7 aromatic rings. The molecule has 0 bridgehead atoms. The van der Waals surface area contributed by atoms with E-state index in [-0.39, 0.29) is 9.79 Å². The molecule has 0 aliphatic rings. The Labute approximate surface area is 207 Å². The van der Waals surface area contributed by atoms with Crippen molar-refractivity contribution in [1.82, 2.24) is 4.98 Å². The Kier molecular flexibility index (Phi) is 4.50. The van der Waals surface area contributed by atoms with E-state index >= 15 is 0 Å². The van der Waals surface area contributed by atoms with Gasteiger partial charge in [-0.05, 0) is 57.9 Å². The minimum Gasteiger partial charge on any atom is -0.455 e. The number of rotatable bonds is 3. The third-order valence-corrected chi connectivity index (χ3v) is 8.49. The molecule has 0 spiro atoms. The molecule has 0 N–H and O–H groups in total. The molecule has 2 heterocycles. The molecular weight excluding hydrogens is 466 g/mol. The molecule has 0 aliphatic carbocycles. The van der Waals surface area contributed by atoms with Gasteiger partial charge in [-0.3, -0.25) is 4.98 Å². The largest absolute Gasteiger partial charge is 0.455 e. The molecule has 0 amide bonds. The number of pyridine rings is 1. The summed E-state index contributed by atoms with van der Waals surface area (Å²) >= 11 is 0. The van der Waals surface area contributed by atoms with Crippen LogP contribution < -0.4 is 0 Å². The molecule has 4 nitrogen and oxygen atoms in total. The standard InChI is InChI=1S/C31H19NO3S/c33-36(34,22-10-2-1-3-11-22)23-15-16-27(32-19-23)26-18-21-9-5-7-13-25(21)30-29-24-12-6-4-8-20(24)14-17-28(29)35-31(26)30/h1-19H. The van der Waals surface area contributed by atoms with Crippen LogP contribution in [0.4, 0.5) is 0 Å². The fourth-order valence-corrected chi connectivity index (χ4v) is 6.24. The molecular formula is C31H19NO3S. The maximum Gasteiger partial charge on any atom is 0.208 e. The van der Waals surface area contributed by atoms with Gasteiger partial charge >= 0.3 is 0 Å². The highest BCUT2D eigenvalue weighted by molar-refractivity contribution is 7.91. The van der Waals surface area contributed by atoms with E-state index in [9.17, 15) is 8.42 Å². The second-order valence-corrected chi connectivity index (χ2v) is 10.8. The minimum atomic E-state index is -3.65. The van der Waals surface area contributed by atoms with E-state index < -0.39 is 9.84 Å². The zero-order valence-electron chi connectivity index (χ0n) is 19.0. The van der Waals surface area contributed by atoms with Crippen LogP contribution in [-0.2, 0) is 9.84 Å². The van der Waals surface area contributed by atoms with Crippen molar-refractivity contribution in [3.63, 3.8) is 0 Å². The lowest BCUT2D eigenvalue weighted by molar-refractivity contribution is 0.595. The number of furan rings is 1. The quantitative estimate of drug-likeness (QED) is 0.256. The lowest BCUT2D eigenvalue weighted by atomic mass is 9.96. The highest BCUT2D eigenvalue weighted by Crippen LogP contribution is 2.43. The van der Waals surface area contributed by atoms with E-state index in [4.69, 9.17) is 4.42 Å². The molecule has 0 fully saturated rings. The van der Waals surface area contributed by atoms with E-state index in [1.165, 1.54) is 6.20 Å². The average molecular weight is 486 g/mol. The van der Waals surface area contributed by atoms with Gasteiger partial charge in [0.15, 0.2) is 0 Å². The molecule has 0 radical (unpaired) electrons. The van der Waals surface area contributed by atoms with Crippen LogP contribution in [0.1, 0.15) is 0 Å². The van der Waals surface area contributed by atoms with Crippen LogP contribution in [0.15, 0.2) is 130 Å². The second kappa shape index (κ2) is 7.77. The monoisotopic (exact) mass is 485 g/mol. The molecule has 0 saturated heterocycles. The number of hydrogen-bond donors (Lipinski definition) is 0. The van der Waals surface area contributed by atoms with Gasteiger partial charge in [0.25, 0.3) is 0 Å². The summed E-state index contributed by atoms with van der Waals surface area (Å²) in [5.41, 5.74) is 3.03. The number of nitrogens with zero attached hydrogens (tertiary/aromatic N) is 1. The molecule has 0 atom stereocenters. The summed E-state index contributed by atoms with van der Waals surface area (Å²) in [4.78, 5) is 5.00. The number of hydrogen-bond acceptors (Lipinski definition) is 4. The van der Waals surface area contributed by atoms with Crippen molar-refractivity contribution in [3.05, 3.63) is 115 Å². The lowest BCUT2D eigenvalue weighted by Gasteiger charge is -2.08. The average Bonchev–Trinajstić information content (AvgIpc) is 3.34. The maximum atomic E-state index is 13.1. The molecule has 0 saturated carbocycles. The van der Waals surface area contributed by atoms with Crippen LogP contribution in [0.25, 0.3) is 54.7 Å². The van der Waals surface area contributed by atoms with Crippen LogP contribution in [0.5, 0.6) is 0 Å². The number of aromatic nitrogens is 1. The number of fused-ring (bicyclic) bond motifs is 7. The zero-order chi connectivity index (χ0) is 24.3. The predicted octanol–water partition coefficient (Wildman–Crippen LogP) is 7.79. The Morgan fingerprint density at radius 2 is 1.31 bits per heavy atom. The summed E-state index contributed by atoms with van der Waals surface area (Å²) in [5, 5.41) is 6.57. The third-order valence-electron chi connectivity index (χ3n) is 6.73. The Hall–Kier alpha value is -4.48. The number of benzene rings is 5. The first kappa shape index (κ1) is 20.9. The van der Waals surface area contributed by atoms with Crippen molar-refractivity contribution < 1.29 is 12.8 Å². The summed E-state index contributed by atoms with van der Waals surface area (Å²) in [5.74, 6) is 0. The summed E-state index contributed by atoms with van der Waals surface area (Å²) in [6.45, 7) is 0. The van der Waals surface area contributed by atoms with Gasteiger partial charge < -0.3 is 4.42 Å². The topological polar surface area (TPSA) is 60.2 Å². The van der Waals surface area contributed by atoms with Crippen molar-refractivity contribution >= 4 is 53.3 Å². The summed E-state index contributed by atoms with van der Waals surface area (Å²) in [6.07, 6.45) is 1.43. The fourth-order valence-electron chi connectivity index (χ4n) is 5.01. The van der Waals surface area contributed by atoms with Gasteiger partial charge in [-0.2, -0.15) is 0 Å². The van der Waals surface area contributed by atoms with Gasteiger partial charge in [-0.1, -0.05) is 72.8 Å². The molecule has 0 aliphatic heterocycles. The van der Waals surface area contributed by atoms with Gasteiger partial charge in [0.05, 0.1) is 15.5 Å². The smallest absolute Gasteiger partial charge is 0.208 e. The SMILES string of the molecule is O=S(=O)(c1ccccc1)c1ccc(-c2cc3ccccc3c3c2oc2ccc4ccccc4c23)nc1. The van der Waals surface area contributed by atoms with Gasteiger partial charge in [0, 0.05) is 22.5 Å². The fraction of sp³-hybridized carbons (Fsp3) is 0. The van der Waals surface area contributed by atoms with Crippen LogP contribution in [-0.4, -0.2) is 13.4 Å². The molecule has 5 heteroatoms. The van der Waals surface area contributed by atoms with E-state index in [1.807, 2.05) is 30.3 Å². The maximum absolute atomic E-state index is 13.1. The van der Waals surface area contributed by atoms with Crippen molar-refractivity contribution in [2.24, 2.45) is 0 Å². The first-order valence-electron chi connectivity index (χ1n) is 11.6. The molecule has 5 aromatic carbocycles. The Morgan fingerprint density at radius 1 is 0.611 bits per heavy atom. The van der Waals surface area contributed by atoms with Gasteiger partial charge in [-0.15, -0.1) is 0 Å². The third kappa shape index (κ3) is 3.06. The zero-order valence-corrected chi connectivity index (χ0v) is 19.9. The molecule has 172 valence electrons. The predicted molar refractivity (Wildman–Crippen MR) is 144 cm³/mol. The first-order chi connectivity index (χ1) is 17.6. The molecule has 7 rings (SSSR count). The van der Waals surface area contributed by atoms with E-state index in [0.29, 0.717) is 5.69 Å². The van der Waals surface area contributed by atoms with Gasteiger partial charge in [-0.25, -0.2) is 8.42 Å². The Bertz CT molecular complexity index is 2040.